The summed E-state index contributed by atoms with van der Waals surface area (Å²) in [5.41, 5.74) is 0.348. The molecule has 5 heteroatoms. The zero-order valence-electron chi connectivity index (χ0n) is 6.91. The minimum atomic E-state index is -1.67. The second-order valence-corrected chi connectivity index (χ2v) is 4.41. The number of hydrogen-bond donors (Lipinski definition) is 0. The zero-order chi connectivity index (χ0) is 10.1. The number of halogens is 2. The molecular weight excluding hydrogens is 225 g/mol. The predicted molar refractivity (Wildman–Crippen MR) is 54.0 cm³/mol. The molecule has 0 radical (unpaired) electrons. The standard InChI is InChI=1S/C9H5ClFNOS/c10-14(13)7-3-1-2-6-4-5-8(11)12-9(6)7/h1-5H. The van der Waals surface area contributed by atoms with Gasteiger partial charge in [-0.25, -0.2) is 9.19 Å². The molecule has 2 aromatic rings. The van der Waals surface area contributed by atoms with Gasteiger partial charge in [-0.1, -0.05) is 12.1 Å². The number of rotatable bonds is 1. The van der Waals surface area contributed by atoms with Gasteiger partial charge in [0.25, 0.3) is 0 Å². The Hall–Kier alpha value is -1.00. The highest BCUT2D eigenvalue weighted by Crippen LogP contribution is 2.21. The molecule has 2 rings (SSSR count). The Labute approximate surface area is 86.7 Å². The van der Waals surface area contributed by atoms with Crippen LogP contribution < -0.4 is 0 Å². The highest BCUT2D eigenvalue weighted by Gasteiger charge is 2.07. The van der Waals surface area contributed by atoms with Gasteiger partial charge in [-0.05, 0) is 28.9 Å². The lowest BCUT2D eigenvalue weighted by Gasteiger charge is -2.00. The van der Waals surface area contributed by atoms with Crippen LogP contribution in [-0.4, -0.2) is 9.19 Å². The molecule has 0 amide bonds. The first kappa shape index (κ1) is 9.55. The maximum Gasteiger partial charge on any atom is 0.213 e. The molecule has 1 atom stereocenters. The summed E-state index contributed by atoms with van der Waals surface area (Å²) in [6, 6.07) is 7.86. The fraction of sp³-hybridized carbons (Fsp3) is 0. The van der Waals surface area contributed by atoms with Crippen molar-refractivity contribution in [1.29, 1.82) is 0 Å². The van der Waals surface area contributed by atoms with E-state index < -0.39 is 16.0 Å². The smallest absolute Gasteiger partial charge is 0.213 e. The van der Waals surface area contributed by atoms with E-state index >= 15 is 0 Å². The lowest BCUT2D eigenvalue weighted by atomic mass is 10.2. The van der Waals surface area contributed by atoms with E-state index in [1.165, 1.54) is 6.07 Å². The van der Waals surface area contributed by atoms with E-state index in [-0.39, 0.29) is 0 Å². The molecule has 1 aromatic heterocycles. The maximum absolute atomic E-state index is 12.8. The van der Waals surface area contributed by atoms with Crippen LogP contribution in [0.25, 0.3) is 10.9 Å². The molecule has 0 saturated heterocycles. The Morgan fingerprint density at radius 3 is 2.79 bits per heavy atom. The SMILES string of the molecule is O=S(Cl)c1cccc2ccc(F)nc12. The highest BCUT2D eigenvalue weighted by molar-refractivity contribution is 8.08. The number of aromatic nitrogens is 1. The third-order valence-electron chi connectivity index (χ3n) is 1.82. The molecule has 0 fully saturated rings. The van der Waals surface area contributed by atoms with Crippen molar-refractivity contribution in [2.45, 2.75) is 4.90 Å². The Bertz CT molecular complexity index is 517. The number of nitrogens with zero attached hydrogens (tertiary/aromatic N) is 1. The quantitative estimate of drug-likeness (QED) is 0.556. The van der Waals surface area contributed by atoms with Gasteiger partial charge in [-0.2, -0.15) is 4.39 Å². The average Bonchev–Trinajstić information content (AvgIpc) is 2.16. The van der Waals surface area contributed by atoms with Gasteiger partial charge in [0.2, 0.25) is 5.95 Å². The number of fused-ring (bicyclic) bond motifs is 1. The lowest BCUT2D eigenvalue weighted by Crippen LogP contribution is -1.90. The molecule has 2 nitrogen and oxygen atoms in total. The largest absolute Gasteiger partial charge is 0.237 e. The lowest BCUT2D eigenvalue weighted by molar-refractivity contribution is 0.588. The third kappa shape index (κ3) is 1.63. The van der Waals surface area contributed by atoms with Crippen molar-refractivity contribution in [3.8, 4) is 0 Å². The summed E-state index contributed by atoms with van der Waals surface area (Å²) < 4.78 is 23.9. The van der Waals surface area contributed by atoms with Gasteiger partial charge in [-0.3, -0.25) is 0 Å². The van der Waals surface area contributed by atoms with Gasteiger partial charge in [0.05, 0.1) is 10.4 Å². The molecule has 1 aromatic carbocycles. The van der Waals surface area contributed by atoms with E-state index in [1.807, 2.05) is 0 Å². The molecular formula is C9H5ClFNOS. The van der Waals surface area contributed by atoms with Gasteiger partial charge in [0.15, 0.2) is 0 Å². The monoisotopic (exact) mass is 229 g/mol. The highest BCUT2D eigenvalue weighted by atomic mass is 35.7. The summed E-state index contributed by atoms with van der Waals surface area (Å²) >= 11 is 0. The van der Waals surface area contributed by atoms with E-state index in [0.29, 0.717) is 10.4 Å². The van der Waals surface area contributed by atoms with Gasteiger partial charge < -0.3 is 0 Å². The van der Waals surface area contributed by atoms with Crippen molar-refractivity contribution in [3.05, 3.63) is 36.3 Å². The molecule has 0 aliphatic carbocycles. The molecule has 0 bridgehead atoms. The van der Waals surface area contributed by atoms with E-state index in [2.05, 4.69) is 4.98 Å². The van der Waals surface area contributed by atoms with Crippen LogP contribution in [0, 0.1) is 5.95 Å². The predicted octanol–water partition coefficient (Wildman–Crippen LogP) is 2.64. The first-order valence-electron chi connectivity index (χ1n) is 3.82. The Balaban J connectivity index is 2.84. The van der Waals surface area contributed by atoms with Crippen molar-refractivity contribution in [3.63, 3.8) is 0 Å². The minimum absolute atomic E-state index is 0.337. The molecule has 0 aliphatic heterocycles. The summed E-state index contributed by atoms with van der Waals surface area (Å²) in [6.45, 7) is 0. The molecule has 0 aliphatic rings. The Kier molecular flexibility index (Phi) is 2.48. The van der Waals surface area contributed by atoms with Crippen LogP contribution in [0.2, 0.25) is 0 Å². The summed E-state index contributed by atoms with van der Waals surface area (Å²) in [6.07, 6.45) is 0. The Morgan fingerprint density at radius 2 is 2.07 bits per heavy atom. The van der Waals surface area contributed by atoms with E-state index in [4.69, 9.17) is 10.7 Å². The summed E-state index contributed by atoms with van der Waals surface area (Å²) in [4.78, 5) is 3.99. The van der Waals surface area contributed by atoms with Gasteiger partial charge in [-0.15, -0.1) is 0 Å². The molecule has 0 N–H and O–H groups in total. The molecule has 72 valence electrons. The van der Waals surface area contributed by atoms with Gasteiger partial charge >= 0.3 is 0 Å². The molecule has 0 spiro atoms. The fourth-order valence-corrected chi connectivity index (χ4v) is 2.10. The first-order valence-corrected chi connectivity index (χ1v) is 5.79. The van der Waals surface area contributed by atoms with Crippen LogP contribution >= 0.6 is 10.7 Å². The van der Waals surface area contributed by atoms with E-state index in [1.54, 1.807) is 24.3 Å². The van der Waals surface area contributed by atoms with Crippen LogP contribution in [0.4, 0.5) is 4.39 Å². The summed E-state index contributed by atoms with van der Waals surface area (Å²) in [5, 5.41) is 0.720. The maximum atomic E-state index is 12.8. The molecule has 1 unspecified atom stereocenters. The van der Waals surface area contributed by atoms with E-state index in [0.717, 1.165) is 5.39 Å². The fourth-order valence-electron chi connectivity index (χ4n) is 1.23. The molecule has 0 saturated carbocycles. The van der Waals surface area contributed by atoms with Crippen LogP contribution in [0.5, 0.6) is 0 Å². The van der Waals surface area contributed by atoms with Gasteiger partial charge in [0, 0.05) is 5.39 Å². The van der Waals surface area contributed by atoms with Crippen molar-refractivity contribution in [1.82, 2.24) is 4.98 Å². The third-order valence-corrected chi connectivity index (χ3v) is 3.00. The first-order chi connectivity index (χ1) is 6.68. The molecule has 1 heterocycles. The molecule has 14 heavy (non-hydrogen) atoms. The number of pyridine rings is 1. The van der Waals surface area contributed by atoms with Crippen molar-refractivity contribution in [2.24, 2.45) is 0 Å². The zero-order valence-corrected chi connectivity index (χ0v) is 8.48. The van der Waals surface area contributed by atoms with Crippen molar-refractivity contribution < 1.29 is 8.60 Å². The van der Waals surface area contributed by atoms with Crippen molar-refractivity contribution >= 4 is 31.6 Å². The number of benzene rings is 1. The summed E-state index contributed by atoms with van der Waals surface area (Å²) in [5.74, 6) is -0.605. The Morgan fingerprint density at radius 1 is 1.29 bits per heavy atom. The topological polar surface area (TPSA) is 30.0 Å². The van der Waals surface area contributed by atoms with Crippen LogP contribution in [0.1, 0.15) is 0 Å². The van der Waals surface area contributed by atoms with Crippen LogP contribution in [0.15, 0.2) is 35.2 Å². The second-order valence-electron chi connectivity index (χ2n) is 2.69. The number of para-hydroxylation sites is 1. The number of hydrogen-bond acceptors (Lipinski definition) is 2. The second kappa shape index (κ2) is 3.63. The minimum Gasteiger partial charge on any atom is -0.237 e. The van der Waals surface area contributed by atoms with Crippen LogP contribution in [-0.2, 0) is 10.0 Å². The van der Waals surface area contributed by atoms with Crippen LogP contribution in [0.3, 0.4) is 0 Å². The summed E-state index contributed by atoms with van der Waals surface area (Å²) in [7, 11) is 3.78. The van der Waals surface area contributed by atoms with E-state index in [9.17, 15) is 8.60 Å². The normalized spacial score (nSPS) is 13.0. The van der Waals surface area contributed by atoms with Crippen molar-refractivity contribution in [2.75, 3.05) is 0 Å². The average molecular weight is 230 g/mol. The van der Waals surface area contributed by atoms with Gasteiger partial charge in [0.1, 0.15) is 10.0 Å².